The van der Waals surface area contributed by atoms with Crippen molar-refractivity contribution in [3.05, 3.63) is 45.8 Å². The van der Waals surface area contributed by atoms with Crippen LogP contribution in [0.1, 0.15) is 5.56 Å². The fourth-order valence-corrected chi connectivity index (χ4v) is 3.30. The van der Waals surface area contributed by atoms with Crippen LogP contribution in [0.4, 0.5) is 0 Å². The standard InChI is InChI=1S/C13H10N2O3S2/c1-17-9-2-3-10-8(4-12(16)18-11(10)5-9)6-19-13-15-14-7-20-13/h2-5,7H,6H2,1H3. The van der Waals surface area contributed by atoms with E-state index in [0.717, 1.165) is 15.3 Å². The van der Waals surface area contributed by atoms with Crippen LogP contribution in [0, 0.1) is 0 Å². The molecule has 0 aliphatic rings. The smallest absolute Gasteiger partial charge is 0.336 e. The van der Waals surface area contributed by atoms with E-state index in [9.17, 15) is 4.79 Å². The first kappa shape index (κ1) is 13.1. The minimum atomic E-state index is -0.362. The first-order valence-corrected chi connectivity index (χ1v) is 7.62. The van der Waals surface area contributed by atoms with Gasteiger partial charge in [0.15, 0.2) is 4.34 Å². The molecule has 20 heavy (non-hydrogen) atoms. The van der Waals surface area contributed by atoms with Crippen LogP contribution in [-0.2, 0) is 5.75 Å². The van der Waals surface area contributed by atoms with Crippen molar-refractivity contribution in [2.24, 2.45) is 0 Å². The van der Waals surface area contributed by atoms with Gasteiger partial charge in [-0.2, -0.15) is 0 Å². The molecule has 0 fully saturated rings. The van der Waals surface area contributed by atoms with Crippen LogP contribution in [-0.4, -0.2) is 17.3 Å². The van der Waals surface area contributed by atoms with Gasteiger partial charge in [0, 0.05) is 23.3 Å². The number of ether oxygens (including phenoxy) is 1. The number of aromatic nitrogens is 2. The zero-order valence-electron chi connectivity index (χ0n) is 10.5. The second kappa shape index (κ2) is 5.64. The van der Waals surface area contributed by atoms with Crippen LogP contribution >= 0.6 is 23.1 Å². The molecular formula is C13H10N2O3S2. The molecule has 0 radical (unpaired) electrons. The number of hydrogen-bond donors (Lipinski definition) is 0. The summed E-state index contributed by atoms with van der Waals surface area (Å²) >= 11 is 3.02. The van der Waals surface area contributed by atoms with Crippen molar-refractivity contribution in [3.8, 4) is 5.75 Å². The lowest BCUT2D eigenvalue weighted by molar-refractivity contribution is 0.414. The first-order valence-electron chi connectivity index (χ1n) is 5.76. The molecule has 102 valence electrons. The zero-order valence-corrected chi connectivity index (χ0v) is 12.2. The van der Waals surface area contributed by atoms with Crippen molar-refractivity contribution in [1.82, 2.24) is 10.2 Å². The lowest BCUT2D eigenvalue weighted by atomic mass is 10.1. The van der Waals surface area contributed by atoms with Crippen LogP contribution in [0.3, 0.4) is 0 Å². The number of hydrogen-bond acceptors (Lipinski definition) is 7. The third-order valence-electron chi connectivity index (χ3n) is 2.73. The molecule has 5 nitrogen and oxygen atoms in total. The molecule has 2 heterocycles. The van der Waals surface area contributed by atoms with E-state index >= 15 is 0 Å². The summed E-state index contributed by atoms with van der Waals surface area (Å²) in [6, 6.07) is 6.98. The van der Waals surface area contributed by atoms with Crippen molar-refractivity contribution >= 4 is 34.1 Å². The molecular weight excluding hydrogens is 296 g/mol. The average molecular weight is 306 g/mol. The van der Waals surface area contributed by atoms with Gasteiger partial charge in [0.1, 0.15) is 16.8 Å². The van der Waals surface area contributed by atoms with Crippen LogP contribution < -0.4 is 10.4 Å². The normalized spacial score (nSPS) is 10.8. The summed E-state index contributed by atoms with van der Waals surface area (Å²) in [5.41, 5.74) is 2.77. The maximum atomic E-state index is 11.6. The fraction of sp³-hybridized carbons (Fsp3) is 0.154. The molecule has 0 spiro atoms. The topological polar surface area (TPSA) is 65.2 Å². The third-order valence-corrected chi connectivity index (χ3v) is 4.64. The monoisotopic (exact) mass is 306 g/mol. The second-order valence-corrected chi connectivity index (χ2v) is 6.00. The van der Waals surface area contributed by atoms with Gasteiger partial charge in [-0.1, -0.05) is 23.1 Å². The Morgan fingerprint density at radius 2 is 2.30 bits per heavy atom. The number of rotatable bonds is 4. The highest BCUT2D eigenvalue weighted by atomic mass is 32.2. The van der Waals surface area contributed by atoms with Crippen molar-refractivity contribution in [1.29, 1.82) is 0 Å². The van der Waals surface area contributed by atoms with Gasteiger partial charge in [-0.15, -0.1) is 10.2 Å². The van der Waals surface area contributed by atoms with E-state index in [2.05, 4.69) is 10.2 Å². The Kier molecular flexibility index (Phi) is 3.70. The Labute approximate surface area is 122 Å². The van der Waals surface area contributed by atoms with Crippen molar-refractivity contribution in [2.45, 2.75) is 10.1 Å². The van der Waals surface area contributed by atoms with E-state index < -0.39 is 0 Å². The van der Waals surface area contributed by atoms with Crippen LogP contribution in [0.5, 0.6) is 5.75 Å². The SMILES string of the molecule is COc1ccc2c(CSc3nncs3)cc(=O)oc2c1. The number of fused-ring (bicyclic) bond motifs is 1. The molecule has 2 aromatic heterocycles. The molecule has 0 aliphatic heterocycles. The second-order valence-electron chi connectivity index (χ2n) is 3.95. The molecule has 1 aromatic carbocycles. The molecule has 0 N–H and O–H groups in total. The van der Waals surface area contributed by atoms with Gasteiger partial charge in [-0.3, -0.25) is 0 Å². The van der Waals surface area contributed by atoms with Crippen LogP contribution in [0.15, 0.2) is 43.3 Å². The summed E-state index contributed by atoms with van der Waals surface area (Å²) in [7, 11) is 1.58. The van der Waals surface area contributed by atoms with Gasteiger partial charge in [0.25, 0.3) is 0 Å². The molecule has 7 heteroatoms. The maximum absolute atomic E-state index is 11.6. The summed E-state index contributed by atoms with van der Waals surface area (Å²) in [4.78, 5) is 11.6. The van der Waals surface area contributed by atoms with Crippen molar-refractivity contribution in [3.63, 3.8) is 0 Å². The molecule has 0 atom stereocenters. The molecule has 0 saturated carbocycles. The van der Waals surface area contributed by atoms with Gasteiger partial charge >= 0.3 is 5.63 Å². The zero-order chi connectivity index (χ0) is 13.9. The number of benzene rings is 1. The first-order chi connectivity index (χ1) is 9.76. The lowest BCUT2D eigenvalue weighted by Crippen LogP contribution is -2.00. The Morgan fingerprint density at radius 1 is 1.40 bits per heavy atom. The molecule has 0 unspecified atom stereocenters. The Balaban J connectivity index is 1.99. The summed E-state index contributed by atoms with van der Waals surface area (Å²) in [6.45, 7) is 0. The summed E-state index contributed by atoms with van der Waals surface area (Å²) in [5.74, 6) is 1.30. The predicted molar refractivity (Wildman–Crippen MR) is 78.5 cm³/mol. The van der Waals surface area contributed by atoms with Gasteiger partial charge < -0.3 is 9.15 Å². The predicted octanol–water partition coefficient (Wildman–Crippen LogP) is 2.95. The van der Waals surface area contributed by atoms with Crippen molar-refractivity contribution in [2.75, 3.05) is 7.11 Å². The maximum Gasteiger partial charge on any atom is 0.336 e. The molecule has 0 bridgehead atoms. The summed E-state index contributed by atoms with van der Waals surface area (Å²) < 4.78 is 11.2. The highest BCUT2D eigenvalue weighted by Gasteiger charge is 2.08. The number of nitrogens with zero attached hydrogens (tertiary/aromatic N) is 2. The van der Waals surface area contributed by atoms with Gasteiger partial charge in [-0.05, 0) is 17.7 Å². The summed E-state index contributed by atoms with van der Waals surface area (Å²) in [5, 5.41) is 8.66. The minimum absolute atomic E-state index is 0.362. The highest BCUT2D eigenvalue weighted by molar-refractivity contribution is 8.00. The highest BCUT2D eigenvalue weighted by Crippen LogP contribution is 2.28. The van der Waals surface area contributed by atoms with Gasteiger partial charge in [0.05, 0.1) is 7.11 Å². The molecule has 0 saturated heterocycles. The summed E-state index contributed by atoms with van der Waals surface area (Å²) in [6.07, 6.45) is 0. The van der Waals surface area contributed by atoms with Gasteiger partial charge in [0.2, 0.25) is 0 Å². The molecule has 3 aromatic rings. The van der Waals surface area contributed by atoms with E-state index in [0.29, 0.717) is 17.1 Å². The quantitative estimate of drug-likeness (QED) is 0.545. The van der Waals surface area contributed by atoms with E-state index in [1.54, 1.807) is 30.4 Å². The van der Waals surface area contributed by atoms with Crippen LogP contribution in [0.2, 0.25) is 0 Å². The molecule has 0 amide bonds. The molecule has 3 rings (SSSR count). The number of thioether (sulfide) groups is 1. The Hall–Kier alpha value is -1.86. The van der Waals surface area contributed by atoms with E-state index in [1.807, 2.05) is 12.1 Å². The molecule has 0 aliphatic carbocycles. The Morgan fingerprint density at radius 3 is 3.05 bits per heavy atom. The third kappa shape index (κ3) is 2.68. The van der Waals surface area contributed by atoms with Crippen LogP contribution in [0.25, 0.3) is 11.0 Å². The fourth-order valence-electron chi connectivity index (χ4n) is 1.82. The van der Waals surface area contributed by atoms with E-state index in [-0.39, 0.29) is 5.63 Å². The number of methoxy groups -OCH3 is 1. The van der Waals surface area contributed by atoms with E-state index in [4.69, 9.17) is 9.15 Å². The van der Waals surface area contributed by atoms with Gasteiger partial charge in [-0.25, -0.2) is 4.79 Å². The largest absolute Gasteiger partial charge is 0.497 e. The van der Waals surface area contributed by atoms with E-state index in [1.165, 1.54) is 17.4 Å². The average Bonchev–Trinajstić information content (AvgIpc) is 2.97. The lowest BCUT2D eigenvalue weighted by Gasteiger charge is -2.05. The van der Waals surface area contributed by atoms with Crippen molar-refractivity contribution < 1.29 is 9.15 Å². The minimum Gasteiger partial charge on any atom is -0.497 e. The Bertz CT molecular complexity index is 784.